The van der Waals surface area contributed by atoms with Crippen molar-refractivity contribution < 1.29 is 0 Å². The lowest BCUT2D eigenvalue weighted by molar-refractivity contribution is 0.609. The van der Waals surface area contributed by atoms with E-state index in [0.717, 1.165) is 6.42 Å². The van der Waals surface area contributed by atoms with Crippen LogP contribution in [0.4, 0.5) is 34.1 Å². The van der Waals surface area contributed by atoms with E-state index < -0.39 is 0 Å². The lowest BCUT2D eigenvalue weighted by Gasteiger charge is -2.39. The highest BCUT2D eigenvalue weighted by Crippen LogP contribution is 2.53. The fraction of sp³-hybridized carbons (Fsp3) is 0.455. The summed E-state index contributed by atoms with van der Waals surface area (Å²) in [6.45, 7) is 68.2. The molecular formula is C77H118N2+2. The molecule has 0 aliphatic carbocycles. The molecule has 7 rings (SSSR count). The summed E-state index contributed by atoms with van der Waals surface area (Å²) >= 11 is 0. The van der Waals surface area contributed by atoms with E-state index >= 15 is 0 Å². The standard InChI is InChI=1S/2C29H38N.C8H10.C3H8.4C2H6/c2*1-17-19(3)23(7)28(24(8)20(17)4)30(11,27-15-13-12-14-16-27)29-25(9)21(5)18(2)22(6)26(29)10;1-2-8-6-4-3-5-7-8;1-3-2;4*1-2/h2*12-16H,1-11H3;3-7H,2H2,1H3;3H2,1-2H3;4*1-2H3/q2*+1;;;;;;. The van der Waals surface area contributed by atoms with E-state index in [1.165, 1.54) is 157 Å². The van der Waals surface area contributed by atoms with Crippen LogP contribution in [0.25, 0.3) is 0 Å². The first-order valence-electron chi connectivity index (χ1n) is 30.4. The van der Waals surface area contributed by atoms with E-state index in [1.54, 1.807) is 0 Å². The molecule has 0 saturated carbocycles. The third-order valence-electron chi connectivity index (χ3n) is 17.4. The SMILES string of the molecule is CC.CC.CC.CC.CCC.CCc1ccccc1.Cc1c(C)c(C)c([N+](C)(c2ccccc2)c2c(C)c(C)c(C)c(C)c2C)c(C)c1C.Cc1c(C)c(C)c([N+](C)(c2ccccc2)c2c(C)c(C)c(C)c(C)c2C)c(C)c1C. The molecule has 0 aliphatic heterocycles. The van der Waals surface area contributed by atoms with E-state index in [0.29, 0.717) is 8.97 Å². The Morgan fingerprint density at radius 2 is 0.367 bits per heavy atom. The Hall–Kier alpha value is -5.54. The molecule has 0 amide bonds. The van der Waals surface area contributed by atoms with Crippen LogP contribution in [0.3, 0.4) is 0 Å². The third kappa shape index (κ3) is 15.5. The van der Waals surface area contributed by atoms with Gasteiger partial charge < -0.3 is 0 Å². The fourth-order valence-electron chi connectivity index (χ4n) is 11.5. The van der Waals surface area contributed by atoms with E-state index in [4.69, 9.17) is 0 Å². The predicted octanol–water partition coefficient (Wildman–Crippen LogP) is 24.5. The summed E-state index contributed by atoms with van der Waals surface area (Å²) in [6.07, 6.45) is 2.39. The van der Waals surface area contributed by atoms with Gasteiger partial charge >= 0.3 is 0 Å². The van der Waals surface area contributed by atoms with Crippen molar-refractivity contribution in [3.63, 3.8) is 0 Å². The Balaban J connectivity index is 0.00000117. The average molecular weight is 1070 g/mol. The summed E-state index contributed by atoms with van der Waals surface area (Å²) < 4.78 is 1.39. The molecule has 0 aromatic heterocycles. The number of hydrogen-bond acceptors (Lipinski definition) is 0. The molecule has 79 heavy (non-hydrogen) atoms. The van der Waals surface area contributed by atoms with Gasteiger partial charge in [-0.1, -0.05) is 149 Å². The fourth-order valence-corrected chi connectivity index (χ4v) is 11.5. The van der Waals surface area contributed by atoms with Gasteiger partial charge in [0.05, 0.1) is 14.1 Å². The van der Waals surface area contributed by atoms with Crippen molar-refractivity contribution in [2.45, 2.75) is 227 Å². The van der Waals surface area contributed by atoms with Crippen LogP contribution in [-0.4, -0.2) is 14.1 Å². The molecule has 0 bridgehead atoms. The Morgan fingerprint density at radius 1 is 0.228 bits per heavy atom. The smallest absolute Gasteiger partial charge is 0.149 e. The van der Waals surface area contributed by atoms with E-state index in [-0.39, 0.29) is 0 Å². The molecule has 7 aromatic rings. The molecule has 434 valence electrons. The number of hydrogen-bond donors (Lipinski definition) is 0. The number of rotatable bonds is 7. The lowest BCUT2D eigenvalue weighted by atomic mass is 9.87. The van der Waals surface area contributed by atoms with Crippen molar-refractivity contribution in [3.8, 4) is 0 Å². The molecule has 0 atom stereocenters. The van der Waals surface area contributed by atoms with Crippen molar-refractivity contribution in [1.82, 2.24) is 8.97 Å². The number of quaternary nitrogens is 2. The second-order valence-electron chi connectivity index (χ2n) is 21.1. The second-order valence-corrected chi connectivity index (χ2v) is 21.1. The Labute approximate surface area is 490 Å². The summed E-state index contributed by atoms with van der Waals surface area (Å²) in [5.74, 6) is 0. The normalized spacial score (nSPS) is 10.4. The van der Waals surface area contributed by atoms with Gasteiger partial charge in [-0.15, -0.1) is 0 Å². The molecular weight excluding hydrogens is 953 g/mol. The average Bonchev–Trinajstić information content (AvgIpc) is 3.58. The molecule has 0 radical (unpaired) electrons. The minimum Gasteiger partial charge on any atom is -0.228 e. The molecule has 0 saturated heterocycles. The molecule has 0 spiro atoms. The number of aryl methyl sites for hydroxylation is 1. The van der Waals surface area contributed by atoms with Crippen molar-refractivity contribution >= 4 is 34.1 Å². The minimum absolute atomic E-state index is 0.695. The molecule has 2 nitrogen and oxygen atoms in total. The van der Waals surface area contributed by atoms with Crippen LogP contribution in [-0.2, 0) is 6.42 Å². The Morgan fingerprint density at radius 3 is 0.506 bits per heavy atom. The molecule has 0 heterocycles. The van der Waals surface area contributed by atoms with Crippen LogP contribution in [0.2, 0.25) is 0 Å². The Bertz CT molecular complexity index is 2540. The highest BCUT2D eigenvalue weighted by Gasteiger charge is 2.41. The van der Waals surface area contributed by atoms with Gasteiger partial charge in [0.1, 0.15) is 34.1 Å². The topological polar surface area (TPSA) is 0 Å². The number of nitrogens with zero attached hydrogens (tertiary/aromatic N) is 2. The second kappa shape index (κ2) is 33.9. The van der Waals surface area contributed by atoms with E-state index in [2.05, 4.69) is 258 Å². The van der Waals surface area contributed by atoms with Gasteiger partial charge in [0.25, 0.3) is 0 Å². The van der Waals surface area contributed by atoms with Gasteiger partial charge in [0.2, 0.25) is 0 Å². The van der Waals surface area contributed by atoms with Crippen molar-refractivity contribution in [1.29, 1.82) is 0 Å². The zero-order valence-electron chi connectivity index (χ0n) is 57.5. The number of benzene rings is 7. The first-order valence-corrected chi connectivity index (χ1v) is 30.4. The third-order valence-corrected chi connectivity index (χ3v) is 17.4. The molecule has 7 aromatic carbocycles. The monoisotopic (exact) mass is 1070 g/mol. The molecule has 0 fully saturated rings. The summed E-state index contributed by atoms with van der Waals surface area (Å²) in [6, 6.07) is 32.5. The van der Waals surface area contributed by atoms with Crippen molar-refractivity contribution in [2.75, 3.05) is 14.1 Å². The van der Waals surface area contributed by atoms with Gasteiger partial charge in [-0.25, -0.2) is 8.97 Å². The molecule has 0 N–H and O–H groups in total. The summed E-state index contributed by atoms with van der Waals surface area (Å²) in [5, 5.41) is 0. The zero-order valence-corrected chi connectivity index (χ0v) is 57.5. The minimum atomic E-state index is 0.695. The van der Waals surface area contributed by atoms with E-state index in [9.17, 15) is 0 Å². The van der Waals surface area contributed by atoms with Crippen LogP contribution < -0.4 is 8.97 Å². The van der Waals surface area contributed by atoms with Gasteiger partial charge in [0, 0.05) is 44.5 Å². The highest BCUT2D eigenvalue weighted by molar-refractivity contribution is 5.83. The van der Waals surface area contributed by atoms with Crippen LogP contribution in [0.1, 0.15) is 199 Å². The van der Waals surface area contributed by atoms with Crippen LogP contribution >= 0.6 is 0 Å². The highest BCUT2D eigenvalue weighted by atomic mass is 15.4. The zero-order chi connectivity index (χ0) is 61.6. The lowest BCUT2D eigenvalue weighted by Crippen LogP contribution is -2.37. The molecule has 2 heteroatoms. The maximum Gasteiger partial charge on any atom is 0.149 e. The van der Waals surface area contributed by atoms with Crippen molar-refractivity contribution in [3.05, 3.63) is 208 Å². The summed E-state index contributed by atoms with van der Waals surface area (Å²) in [4.78, 5) is 0. The summed E-state index contributed by atoms with van der Waals surface area (Å²) in [5.41, 5.74) is 37.8. The number of para-hydroxylation sites is 2. The quantitative estimate of drug-likeness (QED) is 0.140. The van der Waals surface area contributed by atoms with Crippen LogP contribution in [0.15, 0.2) is 91.0 Å². The maximum absolute atomic E-state index is 2.39. The van der Waals surface area contributed by atoms with Crippen LogP contribution in [0, 0.1) is 138 Å². The molecule has 0 unspecified atom stereocenters. The maximum atomic E-state index is 2.39. The van der Waals surface area contributed by atoms with Gasteiger partial charge in [-0.2, -0.15) is 0 Å². The first-order chi connectivity index (χ1) is 37.3. The van der Waals surface area contributed by atoms with Gasteiger partial charge in [-0.3, -0.25) is 0 Å². The molecule has 0 aliphatic rings. The predicted molar refractivity (Wildman–Crippen MR) is 365 cm³/mol. The summed E-state index contributed by atoms with van der Waals surface area (Å²) in [7, 11) is 4.78. The van der Waals surface area contributed by atoms with Crippen molar-refractivity contribution in [2.24, 2.45) is 0 Å². The first kappa shape index (κ1) is 73.5. The van der Waals surface area contributed by atoms with Gasteiger partial charge in [-0.05, 0) is 241 Å². The Kier molecular flexibility index (Phi) is 31.5. The van der Waals surface area contributed by atoms with E-state index in [1.807, 2.05) is 61.5 Å². The van der Waals surface area contributed by atoms with Gasteiger partial charge in [0.15, 0.2) is 0 Å². The van der Waals surface area contributed by atoms with Crippen LogP contribution in [0.5, 0.6) is 0 Å². The largest absolute Gasteiger partial charge is 0.228 e.